The fourth-order valence-corrected chi connectivity index (χ4v) is 1.74. The van der Waals surface area contributed by atoms with Gasteiger partial charge >= 0.3 is 0 Å². The van der Waals surface area contributed by atoms with E-state index >= 15 is 0 Å². The number of rotatable bonds is 5. The number of benzene rings is 1. The van der Waals surface area contributed by atoms with Crippen molar-refractivity contribution in [2.45, 2.75) is 0 Å². The predicted molar refractivity (Wildman–Crippen MR) is 74.9 cm³/mol. The van der Waals surface area contributed by atoms with Gasteiger partial charge in [0.05, 0.1) is 6.20 Å². The van der Waals surface area contributed by atoms with Crippen molar-refractivity contribution in [2.75, 3.05) is 27.2 Å². The van der Waals surface area contributed by atoms with Crippen LogP contribution in [0.25, 0.3) is 11.1 Å². The molecule has 1 amide bonds. The molecule has 2 rings (SSSR count). The minimum absolute atomic E-state index is 0.0489. The number of carbonyl (C=O) groups is 1. The number of hydrogen-bond acceptors (Lipinski definition) is 3. The lowest BCUT2D eigenvalue weighted by molar-refractivity contribution is 0.0951. The summed E-state index contributed by atoms with van der Waals surface area (Å²) < 4.78 is 0. The molecule has 0 aliphatic carbocycles. The van der Waals surface area contributed by atoms with Crippen molar-refractivity contribution in [3.8, 4) is 11.1 Å². The summed E-state index contributed by atoms with van der Waals surface area (Å²) in [6.45, 7) is 1.47. The molecule has 0 atom stereocenters. The van der Waals surface area contributed by atoms with Gasteiger partial charge in [-0.15, -0.1) is 0 Å². The van der Waals surface area contributed by atoms with Crippen molar-refractivity contribution < 1.29 is 4.79 Å². The molecule has 19 heavy (non-hydrogen) atoms. The molecule has 2 aromatic rings. The lowest BCUT2D eigenvalue weighted by Gasteiger charge is -2.10. The normalized spacial score (nSPS) is 10.7. The minimum atomic E-state index is -0.0489. The molecule has 100 valence electrons. The summed E-state index contributed by atoms with van der Waals surface area (Å²) in [5.74, 6) is -0.0489. The highest BCUT2D eigenvalue weighted by molar-refractivity contribution is 5.95. The Labute approximate surface area is 112 Å². The van der Waals surface area contributed by atoms with Crippen LogP contribution in [0.4, 0.5) is 0 Å². The molecule has 0 radical (unpaired) electrons. The van der Waals surface area contributed by atoms with E-state index in [1.165, 1.54) is 0 Å². The van der Waals surface area contributed by atoms with E-state index in [1.54, 1.807) is 6.20 Å². The van der Waals surface area contributed by atoms with Crippen LogP contribution in [0.1, 0.15) is 10.4 Å². The molecule has 0 aliphatic heterocycles. The second kappa shape index (κ2) is 6.15. The van der Waals surface area contributed by atoms with Crippen molar-refractivity contribution in [1.82, 2.24) is 20.4 Å². The molecule has 0 fully saturated rings. The third-order valence-corrected chi connectivity index (χ3v) is 2.80. The van der Waals surface area contributed by atoms with Crippen LogP contribution >= 0.6 is 0 Å². The molecule has 5 nitrogen and oxygen atoms in total. The minimum Gasteiger partial charge on any atom is -0.351 e. The molecular formula is C14H18N4O. The van der Waals surface area contributed by atoms with E-state index in [2.05, 4.69) is 15.5 Å². The molecule has 0 spiro atoms. The van der Waals surface area contributed by atoms with Gasteiger partial charge in [0.2, 0.25) is 0 Å². The van der Waals surface area contributed by atoms with Crippen molar-refractivity contribution in [2.24, 2.45) is 0 Å². The van der Waals surface area contributed by atoms with E-state index in [0.717, 1.165) is 17.7 Å². The fraction of sp³-hybridized carbons (Fsp3) is 0.286. The largest absolute Gasteiger partial charge is 0.351 e. The van der Waals surface area contributed by atoms with Gasteiger partial charge in [-0.1, -0.05) is 12.1 Å². The molecule has 0 unspecified atom stereocenters. The highest BCUT2D eigenvalue weighted by atomic mass is 16.1. The van der Waals surface area contributed by atoms with Gasteiger partial charge in [0.15, 0.2) is 0 Å². The first-order valence-corrected chi connectivity index (χ1v) is 6.19. The standard InChI is InChI=1S/C14H18N4O/c1-18(2)7-6-15-14(19)12-5-3-4-11(8-12)13-9-16-17-10-13/h3-5,8-10H,6-7H2,1-2H3,(H,15,19)(H,16,17). The zero-order valence-electron chi connectivity index (χ0n) is 11.2. The molecule has 0 bridgehead atoms. The number of H-pyrrole nitrogens is 1. The van der Waals surface area contributed by atoms with Crippen LogP contribution in [0.15, 0.2) is 36.7 Å². The summed E-state index contributed by atoms with van der Waals surface area (Å²) in [6.07, 6.45) is 3.55. The van der Waals surface area contributed by atoms with Crippen LogP contribution in [-0.2, 0) is 0 Å². The lowest BCUT2D eigenvalue weighted by Crippen LogP contribution is -2.31. The van der Waals surface area contributed by atoms with E-state index < -0.39 is 0 Å². The summed E-state index contributed by atoms with van der Waals surface area (Å²) in [6, 6.07) is 7.52. The van der Waals surface area contributed by atoms with Crippen molar-refractivity contribution in [1.29, 1.82) is 0 Å². The van der Waals surface area contributed by atoms with E-state index in [4.69, 9.17) is 0 Å². The predicted octanol–water partition coefficient (Wildman–Crippen LogP) is 1.37. The van der Waals surface area contributed by atoms with Crippen molar-refractivity contribution in [3.63, 3.8) is 0 Å². The Hall–Kier alpha value is -2.14. The summed E-state index contributed by atoms with van der Waals surface area (Å²) >= 11 is 0. The van der Waals surface area contributed by atoms with Crippen LogP contribution in [0, 0.1) is 0 Å². The van der Waals surface area contributed by atoms with Crippen molar-refractivity contribution in [3.05, 3.63) is 42.2 Å². The van der Waals surface area contributed by atoms with Crippen molar-refractivity contribution >= 4 is 5.91 Å². The van der Waals surface area contributed by atoms with Crippen LogP contribution in [-0.4, -0.2) is 48.2 Å². The average Bonchev–Trinajstić information content (AvgIpc) is 2.92. The van der Waals surface area contributed by atoms with E-state index in [1.807, 2.05) is 49.5 Å². The molecule has 0 saturated heterocycles. The highest BCUT2D eigenvalue weighted by Crippen LogP contribution is 2.18. The van der Waals surface area contributed by atoms with Gasteiger partial charge < -0.3 is 10.2 Å². The number of nitrogens with one attached hydrogen (secondary N) is 2. The smallest absolute Gasteiger partial charge is 0.251 e. The zero-order valence-corrected chi connectivity index (χ0v) is 11.2. The Balaban J connectivity index is 2.04. The van der Waals surface area contributed by atoms with Crippen LogP contribution < -0.4 is 5.32 Å². The number of hydrogen-bond donors (Lipinski definition) is 2. The second-order valence-electron chi connectivity index (χ2n) is 4.63. The number of nitrogens with zero attached hydrogens (tertiary/aromatic N) is 2. The van der Waals surface area contributed by atoms with Gasteiger partial charge in [-0.05, 0) is 31.8 Å². The molecule has 1 aromatic heterocycles. The molecule has 2 N–H and O–H groups in total. The molecule has 5 heteroatoms. The zero-order chi connectivity index (χ0) is 13.7. The van der Waals surface area contributed by atoms with Gasteiger partial charge in [0, 0.05) is 30.4 Å². The summed E-state index contributed by atoms with van der Waals surface area (Å²) in [7, 11) is 3.96. The summed E-state index contributed by atoms with van der Waals surface area (Å²) in [5.41, 5.74) is 2.62. The number of aromatic nitrogens is 2. The van der Waals surface area contributed by atoms with E-state index in [-0.39, 0.29) is 5.91 Å². The first-order chi connectivity index (χ1) is 9.16. The van der Waals surface area contributed by atoms with Gasteiger partial charge in [-0.25, -0.2) is 0 Å². The fourth-order valence-electron chi connectivity index (χ4n) is 1.74. The van der Waals surface area contributed by atoms with E-state index in [9.17, 15) is 4.79 Å². The topological polar surface area (TPSA) is 61.0 Å². The molecule has 0 saturated carbocycles. The maximum Gasteiger partial charge on any atom is 0.251 e. The Kier molecular flexibility index (Phi) is 4.30. The third kappa shape index (κ3) is 3.66. The Morgan fingerprint density at radius 2 is 2.21 bits per heavy atom. The molecule has 1 aromatic carbocycles. The quantitative estimate of drug-likeness (QED) is 0.851. The maximum atomic E-state index is 12.0. The van der Waals surface area contributed by atoms with Crippen LogP contribution in [0.2, 0.25) is 0 Å². The monoisotopic (exact) mass is 258 g/mol. The van der Waals surface area contributed by atoms with Crippen LogP contribution in [0.3, 0.4) is 0 Å². The molecule has 1 heterocycles. The summed E-state index contributed by atoms with van der Waals surface area (Å²) in [4.78, 5) is 14.0. The Morgan fingerprint density at radius 3 is 2.89 bits per heavy atom. The average molecular weight is 258 g/mol. The molecule has 0 aliphatic rings. The molecular weight excluding hydrogens is 240 g/mol. The second-order valence-corrected chi connectivity index (χ2v) is 4.63. The Morgan fingerprint density at radius 1 is 1.37 bits per heavy atom. The SMILES string of the molecule is CN(C)CCNC(=O)c1cccc(-c2cn[nH]c2)c1. The van der Waals surface area contributed by atoms with Gasteiger partial charge in [0.25, 0.3) is 5.91 Å². The Bertz CT molecular complexity index is 534. The maximum absolute atomic E-state index is 12.0. The number of aromatic amines is 1. The number of amides is 1. The van der Waals surface area contributed by atoms with Crippen LogP contribution in [0.5, 0.6) is 0 Å². The van der Waals surface area contributed by atoms with Gasteiger partial charge in [-0.3, -0.25) is 9.89 Å². The first-order valence-electron chi connectivity index (χ1n) is 6.19. The third-order valence-electron chi connectivity index (χ3n) is 2.80. The van der Waals surface area contributed by atoms with E-state index in [0.29, 0.717) is 12.1 Å². The first kappa shape index (κ1) is 13.3. The summed E-state index contributed by atoms with van der Waals surface area (Å²) in [5, 5.41) is 9.58. The van der Waals surface area contributed by atoms with Gasteiger partial charge in [0.1, 0.15) is 0 Å². The van der Waals surface area contributed by atoms with Gasteiger partial charge in [-0.2, -0.15) is 5.10 Å². The number of likely N-dealkylation sites (N-methyl/N-ethyl adjacent to an activating group) is 1. The lowest BCUT2D eigenvalue weighted by atomic mass is 10.1. The number of carbonyl (C=O) groups excluding carboxylic acids is 1. The highest BCUT2D eigenvalue weighted by Gasteiger charge is 2.07.